The van der Waals surface area contributed by atoms with Gasteiger partial charge in [0.05, 0.1) is 6.61 Å². The first-order valence-electron chi connectivity index (χ1n) is 8.25. The van der Waals surface area contributed by atoms with E-state index in [4.69, 9.17) is 14.2 Å². The molecule has 0 aliphatic carbocycles. The third-order valence-electron chi connectivity index (χ3n) is 3.57. The van der Waals surface area contributed by atoms with Gasteiger partial charge in [-0.25, -0.2) is 9.59 Å². The van der Waals surface area contributed by atoms with E-state index in [1.165, 1.54) is 24.0 Å². The molecule has 1 aromatic rings. The zero-order valence-electron chi connectivity index (χ0n) is 15.6. The fraction of sp³-hybridized carbons (Fsp3) is 0.556. The highest BCUT2D eigenvalue weighted by atomic mass is 16.5. The lowest BCUT2D eigenvalue weighted by Crippen LogP contribution is -2.54. The molecule has 0 saturated heterocycles. The maximum absolute atomic E-state index is 13.2. The highest BCUT2D eigenvalue weighted by molar-refractivity contribution is 5.94. The van der Waals surface area contributed by atoms with Crippen molar-refractivity contribution >= 4 is 17.7 Å². The van der Waals surface area contributed by atoms with Gasteiger partial charge in [-0.3, -0.25) is 9.80 Å². The predicted octanol–water partition coefficient (Wildman–Crippen LogP) is 2.71. The molecule has 1 atom stereocenters. The van der Waals surface area contributed by atoms with Crippen molar-refractivity contribution in [1.82, 2.24) is 4.90 Å². The number of urea groups is 1. The lowest BCUT2D eigenvalue weighted by molar-refractivity contribution is -0.151. The molecule has 0 unspecified atom stereocenters. The molecule has 0 N–H and O–H groups in total. The van der Waals surface area contributed by atoms with Crippen LogP contribution in [0.25, 0.3) is 0 Å². The summed E-state index contributed by atoms with van der Waals surface area (Å²) in [5, 5.41) is 0. The molecule has 7 heteroatoms. The van der Waals surface area contributed by atoms with Crippen LogP contribution in [0.15, 0.2) is 30.3 Å². The van der Waals surface area contributed by atoms with Gasteiger partial charge in [-0.15, -0.1) is 0 Å². The van der Waals surface area contributed by atoms with Gasteiger partial charge in [-0.1, -0.05) is 32.0 Å². The number of hydrogen-bond donors (Lipinski definition) is 0. The Labute approximate surface area is 149 Å². The van der Waals surface area contributed by atoms with E-state index in [1.54, 1.807) is 19.1 Å². The first kappa shape index (κ1) is 20.9. The largest absolute Gasteiger partial charge is 0.464 e. The second-order valence-electron chi connectivity index (χ2n) is 5.79. The third-order valence-corrected chi connectivity index (χ3v) is 3.57. The maximum atomic E-state index is 13.2. The Morgan fingerprint density at radius 1 is 1.04 bits per heavy atom. The van der Waals surface area contributed by atoms with Crippen LogP contribution in [0.5, 0.6) is 0 Å². The van der Waals surface area contributed by atoms with Gasteiger partial charge in [0.1, 0.15) is 19.5 Å². The minimum Gasteiger partial charge on any atom is -0.464 e. The molecule has 0 bridgehead atoms. The molecule has 140 valence electrons. The Bertz CT molecular complexity index is 536. The fourth-order valence-electron chi connectivity index (χ4n) is 2.51. The van der Waals surface area contributed by atoms with Crippen LogP contribution in [0, 0.1) is 5.92 Å². The van der Waals surface area contributed by atoms with E-state index in [2.05, 4.69) is 0 Å². The van der Waals surface area contributed by atoms with E-state index in [1.807, 2.05) is 32.0 Å². The number of methoxy groups -OCH3 is 2. The monoisotopic (exact) mass is 352 g/mol. The van der Waals surface area contributed by atoms with Crippen LogP contribution >= 0.6 is 0 Å². The second kappa shape index (κ2) is 10.7. The van der Waals surface area contributed by atoms with Gasteiger partial charge in [0.15, 0.2) is 0 Å². The number of carbonyl (C=O) groups excluding carboxylic acids is 2. The highest BCUT2D eigenvalue weighted by Crippen LogP contribution is 2.20. The van der Waals surface area contributed by atoms with Crippen molar-refractivity contribution in [3.8, 4) is 0 Å². The number of esters is 1. The molecule has 0 spiro atoms. The Morgan fingerprint density at radius 3 is 2.12 bits per heavy atom. The van der Waals surface area contributed by atoms with E-state index in [0.717, 1.165) is 0 Å². The molecule has 0 fully saturated rings. The molecule has 0 heterocycles. The Kier molecular flexibility index (Phi) is 8.94. The van der Waals surface area contributed by atoms with Gasteiger partial charge in [-0.2, -0.15) is 0 Å². The number of nitrogens with zero attached hydrogens (tertiary/aromatic N) is 2. The second-order valence-corrected chi connectivity index (χ2v) is 5.79. The smallest absolute Gasteiger partial charge is 0.329 e. The van der Waals surface area contributed by atoms with Gasteiger partial charge in [0.25, 0.3) is 0 Å². The molecule has 7 nitrogen and oxygen atoms in total. The van der Waals surface area contributed by atoms with Crippen LogP contribution in [-0.4, -0.2) is 57.2 Å². The van der Waals surface area contributed by atoms with Crippen LogP contribution in [0.2, 0.25) is 0 Å². The summed E-state index contributed by atoms with van der Waals surface area (Å²) in [6.07, 6.45) is 0. The summed E-state index contributed by atoms with van der Waals surface area (Å²) in [6, 6.07) is 7.99. The van der Waals surface area contributed by atoms with E-state index in [0.29, 0.717) is 5.69 Å². The lowest BCUT2D eigenvalue weighted by Gasteiger charge is -2.35. The van der Waals surface area contributed by atoms with Crippen molar-refractivity contribution in [3.05, 3.63) is 30.3 Å². The summed E-state index contributed by atoms with van der Waals surface area (Å²) in [7, 11) is 2.99. The highest BCUT2D eigenvalue weighted by Gasteiger charge is 2.36. The average molecular weight is 352 g/mol. The van der Waals surface area contributed by atoms with Gasteiger partial charge in [0, 0.05) is 19.9 Å². The van der Waals surface area contributed by atoms with Crippen molar-refractivity contribution in [2.24, 2.45) is 5.92 Å². The zero-order chi connectivity index (χ0) is 18.8. The van der Waals surface area contributed by atoms with Crippen molar-refractivity contribution < 1.29 is 23.8 Å². The Morgan fingerprint density at radius 2 is 1.64 bits per heavy atom. The molecule has 0 saturated carbocycles. The van der Waals surface area contributed by atoms with Crippen LogP contribution in [0.4, 0.5) is 10.5 Å². The lowest BCUT2D eigenvalue weighted by atomic mass is 10.0. The summed E-state index contributed by atoms with van der Waals surface area (Å²) in [6.45, 7) is 5.72. The number of amides is 2. The molecule has 0 aromatic heterocycles. The predicted molar refractivity (Wildman–Crippen MR) is 95.2 cm³/mol. The quantitative estimate of drug-likeness (QED) is 0.505. The number of rotatable bonds is 9. The number of ether oxygens (including phenoxy) is 3. The van der Waals surface area contributed by atoms with E-state index >= 15 is 0 Å². The minimum absolute atomic E-state index is 0.0342. The molecule has 0 aliphatic heterocycles. The molecule has 1 aromatic carbocycles. The fourth-order valence-corrected chi connectivity index (χ4v) is 2.51. The number of para-hydroxylation sites is 1. The first-order valence-corrected chi connectivity index (χ1v) is 8.25. The normalized spacial score (nSPS) is 11.9. The van der Waals surface area contributed by atoms with Crippen molar-refractivity contribution in [2.75, 3.05) is 39.2 Å². The molecule has 25 heavy (non-hydrogen) atoms. The molecule has 1 rings (SSSR count). The topological polar surface area (TPSA) is 68.3 Å². The molecular formula is C18H28N2O5. The SMILES string of the molecule is CCOC(=O)[C@H](C(C)C)N(COC)C(=O)N(COC)c1ccccc1. The van der Waals surface area contributed by atoms with Gasteiger partial charge < -0.3 is 14.2 Å². The average Bonchev–Trinajstić information content (AvgIpc) is 2.59. The van der Waals surface area contributed by atoms with Gasteiger partial charge in [-0.05, 0) is 25.0 Å². The first-order chi connectivity index (χ1) is 12.0. The zero-order valence-corrected chi connectivity index (χ0v) is 15.6. The van der Waals surface area contributed by atoms with Crippen molar-refractivity contribution in [1.29, 1.82) is 0 Å². The van der Waals surface area contributed by atoms with E-state index < -0.39 is 12.0 Å². The molecular weight excluding hydrogens is 324 g/mol. The number of carbonyl (C=O) groups is 2. The number of anilines is 1. The standard InChI is InChI=1S/C18H28N2O5/c1-6-25-17(21)16(14(2)3)20(13-24-5)18(22)19(12-23-4)15-10-8-7-9-11-15/h7-11,14,16H,6,12-13H2,1-5H3/t16-/m0/s1. The third kappa shape index (κ3) is 5.72. The summed E-state index contributed by atoms with van der Waals surface area (Å²) in [4.78, 5) is 28.4. The molecule has 0 radical (unpaired) electrons. The Balaban J connectivity index is 3.19. The van der Waals surface area contributed by atoms with Crippen molar-refractivity contribution in [3.63, 3.8) is 0 Å². The van der Waals surface area contributed by atoms with Crippen LogP contribution in [-0.2, 0) is 19.0 Å². The Hall–Kier alpha value is -2.12. The van der Waals surface area contributed by atoms with Gasteiger partial charge >= 0.3 is 12.0 Å². The summed E-state index contributed by atoms with van der Waals surface area (Å²) in [5.41, 5.74) is 0.668. The summed E-state index contributed by atoms with van der Waals surface area (Å²) >= 11 is 0. The van der Waals surface area contributed by atoms with Crippen LogP contribution < -0.4 is 4.90 Å². The molecule has 2 amide bonds. The summed E-state index contributed by atoms with van der Waals surface area (Å²) in [5.74, 6) is -0.591. The summed E-state index contributed by atoms with van der Waals surface area (Å²) < 4.78 is 15.5. The number of benzene rings is 1. The van der Waals surface area contributed by atoms with Crippen LogP contribution in [0.1, 0.15) is 20.8 Å². The van der Waals surface area contributed by atoms with Gasteiger partial charge in [0.2, 0.25) is 0 Å². The number of hydrogen-bond acceptors (Lipinski definition) is 5. The van der Waals surface area contributed by atoms with E-state index in [9.17, 15) is 9.59 Å². The van der Waals surface area contributed by atoms with Crippen LogP contribution in [0.3, 0.4) is 0 Å². The van der Waals surface area contributed by atoms with E-state index in [-0.39, 0.29) is 32.0 Å². The maximum Gasteiger partial charge on any atom is 0.329 e. The molecule has 0 aliphatic rings. The van der Waals surface area contributed by atoms with Crippen molar-refractivity contribution in [2.45, 2.75) is 26.8 Å². The minimum atomic E-state index is -0.754.